The predicted molar refractivity (Wildman–Crippen MR) is 73.9 cm³/mol. The number of para-hydroxylation sites is 1. The van der Waals surface area contributed by atoms with Crippen LogP contribution < -0.4 is 10.1 Å². The molecule has 0 aliphatic heterocycles. The van der Waals surface area contributed by atoms with E-state index >= 15 is 0 Å². The van der Waals surface area contributed by atoms with Gasteiger partial charge in [0.1, 0.15) is 12.4 Å². The first-order valence-electron chi connectivity index (χ1n) is 6.46. The molecule has 0 radical (unpaired) electrons. The molecule has 1 N–H and O–H groups in total. The minimum atomic E-state index is 0.0927. The highest BCUT2D eigenvalue weighted by atomic mass is 16.5. The van der Waals surface area contributed by atoms with Gasteiger partial charge in [-0.15, -0.1) is 0 Å². The fourth-order valence-electron chi connectivity index (χ4n) is 1.81. The maximum absolute atomic E-state index is 11.4. The molecule has 0 spiro atoms. The second-order valence-corrected chi connectivity index (χ2v) is 5.02. The Kier molecular flexibility index (Phi) is 5.69. The largest absolute Gasteiger partial charge is 0.491 e. The van der Waals surface area contributed by atoms with Gasteiger partial charge in [0.25, 0.3) is 0 Å². The molecule has 0 unspecified atom stereocenters. The van der Waals surface area contributed by atoms with Crippen LogP contribution in [0.2, 0.25) is 0 Å². The number of carbonyl (C=O) groups is 1. The van der Waals surface area contributed by atoms with E-state index in [1.165, 1.54) is 0 Å². The van der Waals surface area contributed by atoms with E-state index in [2.05, 4.69) is 5.32 Å². The van der Waals surface area contributed by atoms with E-state index in [9.17, 15) is 4.79 Å². The van der Waals surface area contributed by atoms with E-state index in [1.807, 2.05) is 45.9 Å². The highest BCUT2D eigenvalue weighted by Gasteiger charge is 2.05. The summed E-state index contributed by atoms with van der Waals surface area (Å²) in [5.41, 5.74) is 2.26. The van der Waals surface area contributed by atoms with Gasteiger partial charge in [-0.1, -0.05) is 32.0 Å². The van der Waals surface area contributed by atoms with Crippen molar-refractivity contribution < 1.29 is 9.53 Å². The zero-order chi connectivity index (χ0) is 13.5. The van der Waals surface area contributed by atoms with Crippen molar-refractivity contribution in [2.45, 2.75) is 34.1 Å². The highest BCUT2D eigenvalue weighted by molar-refractivity contribution is 5.75. The molecule has 0 bridgehead atoms. The molecular formula is C15H23NO2. The van der Waals surface area contributed by atoms with Crippen LogP contribution in [0.3, 0.4) is 0 Å². The van der Waals surface area contributed by atoms with Crippen molar-refractivity contribution in [3.05, 3.63) is 29.3 Å². The van der Waals surface area contributed by atoms with Crippen LogP contribution in [0.25, 0.3) is 0 Å². The molecule has 0 aliphatic rings. The second-order valence-electron chi connectivity index (χ2n) is 5.02. The van der Waals surface area contributed by atoms with Crippen molar-refractivity contribution >= 4 is 5.91 Å². The molecule has 1 rings (SSSR count). The van der Waals surface area contributed by atoms with E-state index < -0.39 is 0 Å². The Morgan fingerprint density at radius 3 is 2.44 bits per heavy atom. The Bertz CT molecular complexity index is 379. The van der Waals surface area contributed by atoms with Crippen molar-refractivity contribution in [2.24, 2.45) is 5.92 Å². The van der Waals surface area contributed by atoms with Gasteiger partial charge in [0.2, 0.25) is 5.91 Å². The molecule has 0 saturated carbocycles. The minimum Gasteiger partial charge on any atom is -0.491 e. The molecule has 0 aliphatic carbocycles. The first-order valence-corrected chi connectivity index (χ1v) is 6.46. The Hall–Kier alpha value is -1.51. The summed E-state index contributed by atoms with van der Waals surface area (Å²) in [5, 5.41) is 2.86. The van der Waals surface area contributed by atoms with Gasteiger partial charge in [0.05, 0.1) is 6.54 Å². The number of amides is 1. The zero-order valence-electron chi connectivity index (χ0n) is 11.7. The number of rotatable bonds is 6. The molecule has 3 nitrogen and oxygen atoms in total. The first kappa shape index (κ1) is 14.6. The summed E-state index contributed by atoms with van der Waals surface area (Å²) in [5.74, 6) is 1.41. The lowest BCUT2D eigenvalue weighted by Crippen LogP contribution is -2.29. The number of ether oxygens (including phenoxy) is 1. The van der Waals surface area contributed by atoms with Gasteiger partial charge in [-0.05, 0) is 30.9 Å². The Morgan fingerprint density at radius 1 is 1.28 bits per heavy atom. The van der Waals surface area contributed by atoms with Gasteiger partial charge in [-0.25, -0.2) is 0 Å². The lowest BCUT2D eigenvalue weighted by molar-refractivity contribution is -0.121. The topological polar surface area (TPSA) is 38.3 Å². The summed E-state index contributed by atoms with van der Waals surface area (Å²) < 4.78 is 5.71. The third-order valence-corrected chi connectivity index (χ3v) is 2.67. The van der Waals surface area contributed by atoms with Crippen molar-refractivity contribution in [3.8, 4) is 5.75 Å². The van der Waals surface area contributed by atoms with Crippen LogP contribution in [0.15, 0.2) is 18.2 Å². The summed E-state index contributed by atoms with van der Waals surface area (Å²) in [4.78, 5) is 11.4. The van der Waals surface area contributed by atoms with Crippen molar-refractivity contribution in [1.29, 1.82) is 0 Å². The number of carbonyl (C=O) groups excluding carboxylic acids is 1. The van der Waals surface area contributed by atoms with Crippen molar-refractivity contribution in [1.82, 2.24) is 5.32 Å². The molecule has 100 valence electrons. The molecule has 0 heterocycles. The standard InChI is InChI=1S/C15H23NO2/c1-11(2)10-14(17)16-8-9-18-15-12(3)6-5-7-13(15)4/h5-7,11H,8-10H2,1-4H3,(H,16,17). The third kappa shape index (κ3) is 4.78. The summed E-state index contributed by atoms with van der Waals surface area (Å²) in [6.45, 7) is 9.19. The van der Waals surface area contributed by atoms with Gasteiger partial charge in [-0.2, -0.15) is 0 Å². The highest BCUT2D eigenvalue weighted by Crippen LogP contribution is 2.21. The average Bonchev–Trinajstić information content (AvgIpc) is 2.26. The molecule has 0 saturated heterocycles. The van der Waals surface area contributed by atoms with Crippen LogP contribution in [0.1, 0.15) is 31.4 Å². The number of nitrogens with one attached hydrogen (secondary N) is 1. The summed E-state index contributed by atoms with van der Waals surface area (Å²) in [6.07, 6.45) is 0.573. The molecule has 18 heavy (non-hydrogen) atoms. The predicted octanol–water partition coefficient (Wildman–Crippen LogP) is 2.84. The molecular weight excluding hydrogens is 226 g/mol. The Labute approximate surface area is 110 Å². The minimum absolute atomic E-state index is 0.0927. The van der Waals surface area contributed by atoms with Gasteiger partial charge >= 0.3 is 0 Å². The van der Waals surface area contributed by atoms with Crippen LogP contribution in [-0.2, 0) is 4.79 Å². The maximum atomic E-state index is 11.4. The van der Waals surface area contributed by atoms with Crippen LogP contribution in [-0.4, -0.2) is 19.1 Å². The average molecular weight is 249 g/mol. The number of hydrogen-bond donors (Lipinski definition) is 1. The smallest absolute Gasteiger partial charge is 0.220 e. The fraction of sp³-hybridized carbons (Fsp3) is 0.533. The molecule has 1 aromatic rings. The Balaban J connectivity index is 2.32. The molecule has 0 atom stereocenters. The van der Waals surface area contributed by atoms with Gasteiger partial charge in [-0.3, -0.25) is 4.79 Å². The van der Waals surface area contributed by atoms with Gasteiger partial charge in [0, 0.05) is 6.42 Å². The Morgan fingerprint density at radius 2 is 1.89 bits per heavy atom. The normalized spacial score (nSPS) is 10.5. The second kappa shape index (κ2) is 7.04. The van der Waals surface area contributed by atoms with Gasteiger partial charge < -0.3 is 10.1 Å². The number of hydrogen-bond acceptors (Lipinski definition) is 2. The van der Waals surface area contributed by atoms with Crippen molar-refractivity contribution in [2.75, 3.05) is 13.2 Å². The molecule has 3 heteroatoms. The number of benzene rings is 1. The van der Waals surface area contributed by atoms with E-state index in [0.717, 1.165) is 16.9 Å². The third-order valence-electron chi connectivity index (χ3n) is 2.67. The van der Waals surface area contributed by atoms with E-state index in [-0.39, 0.29) is 5.91 Å². The summed E-state index contributed by atoms with van der Waals surface area (Å²) in [7, 11) is 0. The van der Waals surface area contributed by atoms with Crippen LogP contribution >= 0.6 is 0 Å². The zero-order valence-corrected chi connectivity index (χ0v) is 11.7. The van der Waals surface area contributed by atoms with E-state index in [1.54, 1.807) is 0 Å². The summed E-state index contributed by atoms with van der Waals surface area (Å²) in [6, 6.07) is 6.07. The van der Waals surface area contributed by atoms with Crippen molar-refractivity contribution in [3.63, 3.8) is 0 Å². The molecule has 0 fully saturated rings. The van der Waals surface area contributed by atoms with Crippen LogP contribution in [0, 0.1) is 19.8 Å². The SMILES string of the molecule is Cc1cccc(C)c1OCCNC(=O)CC(C)C. The number of aryl methyl sites for hydroxylation is 2. The quantitative estimate of drug-likeness (QED) is 0.787. The van der Waals surface area contributed by atoms with E-state index in [4.69, 9.17) is 4.74 Å². The molecule has 0 aromatic heterocycles. The maximum Gasteiger partial charge on any atom is 0.220 e. The van der Waals surface area contributed by atoms with Gasteiger partial charge in [0.15, 0.2) is 0 Å². The lowest BCUT2D eigenvalue weighted by Gasteiger charge is -2.12. The first-order chi connectivity index (χ1) is 8.50. The monoisotopic (exact) mass is 249 g/mol. The molecule has 1 aromatic carbocycles. The lowest BCUT2D eigenvalue weighted by atomic mass is 10.1. The fourth-order valence-corrected chi connectivity index (χ4v) is 1.81. The molecule has 1 amide bonds. The van der Waals surface area contributed by atoms with E-state index in [0.29, 0.717) is 25.5 Å². The van der Waals surface area contributed by atoms with Crippen LogP contribution in [0.4, 0.5) is 0 Å². The summed E-state index contributed by atoms with van der Waals surface area (Å²) >= 11 is 0. The van der Waals surface area contributed by atoms with Crippen LogP contribution in [0.5, 0.6) is 5.75 Å².